The van der Waals surface area contributed by atoms with Crippen molar-refractivity contribution in [3.05, 3.63) is 29.7 Å². The second-order valence-electron chi connectivity index (χ2n) is 11.5. The summed E-state index contributed by atoms with van der Waals surface area (Å²) in [7, 11) is 1.51. The Hall–Kier alpha value is -3.21. The van der Waals surface area contributed by atoms with Crippen LogP contribution < -0.4 is 10.1 Å². The van der Waals surface area contributed by atoms with E-state index in [0.29, 0.717) is 55.1 Å². The molecule has 10 nitrogen and oxygen atoms in total. The Morgan fingerprint density at radius 1 is 1.08 bits per heavy atom. The number of aromatic nitrogens is 2. The van der Waals surface area contributed by atoms with Crippen LogP contribution in [0.15, 0.2) is 18.3 Å². The van der Waals surface area contributed by atoms with Crippen molar-refractivity contribution in [2.75, 3.05) is 39.9 Å². The average molecular weight is 535 g/mol. The van der Waals surface area contributed by atoms with Crippen LogP contribution in [0.2, 0.25) is 0 Å². The molecule has 0 radical (unpaired) electrons. The predicted octanol–water partition coefficient (Wildman–Crippen LogP) is 4.34. The number of hydrogen-bond donors (Lipinski definition) is 1. The van der Waals surface area contributed by atoms with Crippen LogP contribution in [0, 0.1) is 17.7 Å². The van der Waals surface area contributed by atoms with Crippen molar-refractivity contribution in [2.45, 2.75) is 59.2 Å². The number of rotatable bonds is 8. The Balaban J connectivity index is 1.68. The lowest BCUT2D eigenvalue weighted by molar-refractivity contribution is -0.0149. The van der Waals surface area contributed by atoms with E-state index in [9.17, 15) is 14.0 Å². The van der Waals surface area contributed by atoms with Crippen LogP contribution in [0.25, 0.3) is 11.0 Å². The Morgan fingerprint density at radius 3 is 2.42 bits per heavy atom. The number of methoxy groups -OCH3 is 1. The molecule has 0 unspecified atom stereocenters. The second-order valence-corrected chi connectivity index (χ2v) is 11.5. The Kier molecular flexibility index (Phi) is 9.35. The van der Waals surface area contributed by atoms with Gasteiger partial charge < -0.3 is 29.2 Å². The molecule has 210 valence electrons. The van der Waals surface area contributed by atoms with Crippen molar-refractivity contribution in [3.63, 3.8) is 0 Å². The molecule has 38 heavy (non-hydrogen) atoms. The molecule has 11 heteroatoms. The molecule has 0 saturated carbocycles. The highest BCUT2D eigenvalue weighted by Gasteiger charge is 2.35. The van der Waals surface area contributed by atoms with E-state index < -0.39 is 29.3 Å². The minimum Gasteiger partial charge on any atom is -0.481 e. The third kappa shape index (κ3) is 8.68. The van der Waals surface area contributed by atoms with Gasteiger partial charge in [0, 0.05) is 43.7 Å². The van der Waals surface area contributed by atoms with Crippen molar-refractivity contribution < 1.29 is 32.9 Å². The fourth-order valence-electron chi connectivity index (χ4n) is 4.32. The van der Waals surface area contributed by atoms with Crippen LogP contribution in [0.1, 0.15) is 47.1 Å². The van der Waals surface area contributed by atoms with E-state index in [1.165, 1.54) is 13.3 Å². The Bertz CT molecular complexity index is 1090. The fourth-order valence-corrected chi connectivity index (χ4v) is 4.32. The monoisotopic (exact) mass is 534 g/mol. The van der Waals surface area contributed by atoms with E-state index in [0.717, 1.165) is 0 Å². The second kappa shape index (κ2) is 12.1. The number of carbonyl (C=O) groups is 2. The maximum Gasteiger partial charge on any atom is 0.508 e. The van der Waals surface area contributed by atoms with Crippen molar-refractivity contribution in [3.8, 4) is 5.88 Å². The number of nitrogens with one attached hydrogen (secondary N) is 1. The van der Waals surface area contributed by atoms with Gasteiger partial charge in [-0.3, -0.25) is 4.98 Å². The highest BCUT2D eigenvalue weighted by molar-refractivity contribution is 5.78. The zero-order valence-electron chi connectivity index (χ0n) is 23.3. The summed E-state index contributed by atoms with van der Waals surface area (Å²) in [4.78, 5) is 35.1. The largest absolute Gasteiger partial charge is 0.508 e. The molecule has 0 aromatic carbocycles. The molecule has 1 fully saturated rings. The van der Waals surface area contributed by atoms with Gasteiger partial charge in [-0.05, 0) is 59.9 Å². The number of amides is 1. The van der Waals surface area contributed by atoms with Crippen molar-refractivity contribution in [2.24, 2.45) is 11.8 Å². The molecule has 2 aromatic rings. The van der Waals surface area contributed by atoms with Crippen molar-refractivity contribution in [1.29, 1.82) is 0 Å². The van der Waals surface area contributed by atoms with E-state index in [1.54, 1.807) is 53.7 Å². The summed E-state index contributed by atoms with van der Waals surface area (Å²) in [5.74, 6) is -0.109. The minimum atomic E-state index is -0.736. The van der Waals surface area contributed by atoms with Crippen molar-refractivity contribution >= 4 is 23.3 Å². The summed E-state index contributed by atoms with van der Waals surface area (Å²) in [6.45, 7) is 13.0. The summed E-state index contributed by atoms with van der Waals surface area (Å²) in [6.07, 6.45) is 0.366. The number of halogens is 1. The number of hydrogen-bond acceptors (Lipinski definition) is 9. The van der Waals surface area contributed by atoms with E-state index >= 15 is 0 Å². The molecule has 3 heterocycles. The van der Waals surface area contributed by atoms with E-state index in [-0.39, 0.29) is 18.4 Å². The fraction of sp³-hybridized carbons (Fsp3) is 0.630. The normalized spacial score (nSPS) is 18.3. The molecule has 1 aliphatic rings. The van der Waals surface area contributed by atoms with Crippen LogP contribution in [0.3, 0.4) is 0 Å². The number of pyridine rings is 2. The van der Waals surface area contributed by atoms with Gasteiger partial charge >= 0.3 is 12.2 Å². The van der Waals surface area contributed by atoms with Gasteiger partial charge in [-0.2, -0.15) is 0 Å². The lowest BCUT2D eigenvalue weighted by Crippen LogP contribution is -2.38. The third-order valence-electron chi connectivity index (χ3n) is 5.99. The van der Waals surface area contributed by atoms with E-state index in [2.05, 4.69) is 20.2 Å². The molecule has 3 rings (SSSR count). The molecule has 1 amide bonds. The number of fused-ring (bicyclic) bond motifs is 1. The number of likely N-dealkylation sites (tertiary alicyclic amines) is 1. The average Bonchev–Trinajstić information content (AvgIpc) is 3.20. The van der Waals surface area contributed by atoms with Crippen LogP contribution in [0.4, 0.5) is 14.0 Å². The first-order chi connectivity index (χ1) is 17.7. The lowest BCUT2D eigenvalue weighted by Gasteiger charge is -2.23. The molecular formula is C27H39FN4O6. The summed E-state index contributed by atoms with van der Waals surface area (Å²) < 4.78 is 36.0. The number of ether oxygens (including phenoxy) is 4. The van der Waals surface area contributed by atoms with Gasteiger partial charge in [0.05, 0.1) is 30.9 Å². The minimum absolute atomic E-state index is 0.0118. The summed E-state index contributed by atoms with van der Waals surface area (Å²) in [5.41, 5.74) is 0.248. The zero-order chi connectivity index (χ0) is 28.1. The summed E-state index contributed by atoms with van der Waals surface area (Å²) in [6, 6.07) is 3.44. The Morgan fingerprint density at radius 2 is 1.76 bits per heavy atom. The van der Waals surface area contributed by atoms with Gasteiger partial charge in [-0.15, -0.1) is 0 Å². The number of alkyl carbamates (subject to hydrolysis) is 1. The quantitative estimate of drug-likeness (QED) is 0.494. The lowest BCUT2D eigenvalue weighted by atomic mass is 9.97. The molecule has 2 atom stereocenters. The van der Waals surface area contributed by atoms with Crippen LogP contribution >= 0.6 is 0 Å². The van der Waals surface area contributed by atoms with Gasteiger partial charge in [-0.1, -0.05) is 0 Å². The van der Waals surface area contributed by atoms with Crippen LogP contribution in [-0.2, 0) is 20.6 Å². The first kappa shape index (κ1) is 29.3. The molecule has 0 aliphatic carbocycles. The molecule has 1 aliphatic heterocycles. The van der Waals surface area contributed by atoms with Crippen LogP contribution in [0.5, 0.6) is 5.88 Å². The van der Waals surface area contributed by atoms with Gasteiger partial charge in [0.1, 0.15) is 17.0 Å². The van der Waals surface area contributed by atoms with Gasteiger partial charge in [0.15, 0.2) is 0 Å². The maximum atomic E-state index is 14.8. The topological polar surface area (TPSA) is 112 Å². The van der Waals surface area contributed by atoms with Gasteiger partial charge in [0.2, 0.25) is 5.88 Å². The maximum absolute atomic E-state index is 14.8. The van der Waals surface area contributed by atoms with E-state index in [1.807, 2.05) is 0 Å². The third-order valence-corrected chi connectivity index (χ3v) is 5.99. The molecule has 2 aromatic heterocycles. The number of nitrogens with zero attached hydrogens (tertiary/aromatic N) is 3. The highest BCUT2D eigenvalue weighted by atomic mass is 19.1. The zero-order valence-corrected chi connectivity index (χ0v) is 23.3. The smallest absolute Gasteiger partial charge is 0.481 e. The molecule has 0 spiro atoms. The number of carbonyl (C=O) groups excluding carboxylic acids is 2. The predicted molar refractivity (Wildman–Crippen MR) is 140 cm³/mol. The standard InChI is InChI=1S/C27H39FN4O6/c1-26(2,3)37-24(33)30-12-17-14-32(15-18(17)16-36-25(34)38-27(4,5)6)11-10-19-20(28)13-29-21-8-9-22(35-7)31-23(19)21/h8-9,13,17-18H,10-12,14-16H2,1-7H3,(H,30,33)/t17-,18-/m1/s1. The van der Waals surface area contributed by atoms with Crippen LogP contribution in [-0.4, -0.2) is 78.2 Å². The van der Waals surface area contributed by atoms with Gasteiger partial charge in [0.25, 0.3) is 0 Å². The highest BCUT2D eigenvalue weighted by Crippen LogP contribution is 2.26. The first-order valence-corrected chi connectivity index (χ1v) is 12.8. The molecular weight excluding hydrogens is 495 g/mol. The SMILES string of the molecule is COc1ccc2ncc(F)c(CCN3C[C@@H](CNC(=O)OC(C)(C)C)[C@@H](COC(=O)OC(C)(C)C)C3)c2n1. The summed E-state index contributed by atoms with van der Waals surface area (Å²) in [5, 5.41) is 2.83. The van der Waals surface area contributed by atoms with Crippen molar-refractivity contribution in [1.82, 2.24) is 20.2 Å². The van der Waals surface area contributed by atoms with Gasteiger partial charge in [-0.25, -0.2) is 19.0 Å². The molecule has 0 bridgehead atoms. The molecule has 1 saturated heterocycles. The first-order valence-electron chi connectivity index (χ1n) is 12.8. The van der Waals surface area contributed by atoms with E-state index in [4.69, 9.17) is 18.9 Å². The molecule has 1 N–H and O–H groups in total. The summed E-state index contributed by atoms with van der Waals surface area (Å²) >= 11 is 0. The Labute approximate surface area is 223 Å².